The molecule has 0 aromatic rings. The highest BCUT2D eigenvalue weighted by Crippen LogP contribution is 2.32. The van der Waals surface area contributed by atoms with Gasteiger partial charge in [-0.05, 0) is 25.2 Å². The normalized spacial score (nSPS) is 24.8. The van der Waals surface area contributed by atoms with Gasteiger partial charge < -0.3 is 0 Å². The van der Waals surface area contributed by atoms with Gasteiger partial charge in [0.05, 0.1) is 0 Å². The monoisotopic (exact) mass is 116 g/mol. The molecule has 0 N–H and O–H groups in total. The first-order chi connectivity index (χ1) is 3.84. The highest BCUT2D eigenvalue weighted by molar-refractivity contribution is 4.75. The van der Waals surface area contributed by atoms with Crippen molar-refractivity contribution < 1.29 is 4.39 Å². The van der Waals surface area contributed by atoms with Gasteiger partial charge in [0, 0.05) is 0 Å². The van der Waals surface area contributed by atoms with Gasteiger partial charge in [-0.2, -0.15) is 0 Å². The van der Waals surface area contributed by atoms with E-state index in [1.807, 2.05) is 6.92 Å². The summed E-state index contributed by atoms with van der Waals surface area (Å²) in [6, 6.07) is 0. The van der Waals surface area contributed by atoms with Crippen molar-refractivity contribution in [2.45, 2.75) is 38.8 Å². The van der Waals surface area contributed by atoms with E-state index in [0.717, 1.165) is 12.8 Å². The smallest absolute Gasteiger partial charge is 0.103 e. The zero-order chi connectivity index (χ0) is 5.98. The molecule has 1 aliphatic rings. The second kappa shape index (κ2) is 2.47. The van der Waals surface area contributed by atoms with Crippen LogP contribution in [0.25, 0.3) is 0 Å². The van der Waals surface area contributed by atoms with Crippen LogP contribution in [0.2, 0.25) is 0 Å². The predicted octanol–water partition coefficient (Wildman–Crippen LogP) is 2.53. The molecule has 48 valence electrons. The first-order valence-corrected chi connectivity index (χ1v) is 3.48. The van der Waals surface area contributed by atoms with Gasteiger partial charge in [0.15, 0.2) is 0 Å². The van der Waals surface area contributed by atoms with Crippen LogP contribution >= 0.6 is 0 Å². The summed E-state index contributed by atoms with van der Waals surface area (Å²) < 4.78 is 12.6. The highest BCUT2D eigenvalue weighted by Gasteiger charge is 2.24. The van der Waals surface area contributed by atoms with Crippen LogP contribution in [0.3, 0.4) is 0 Å². The van der Waals surface area contributed by atoms with Crippen LogP contribution in [0.5, 0.6) is 0 Å². The lowest BCUT2D eigenvalue weighted by Crippen LogP contribution is -2.22. The van der Waals surface area contributed by atoms with E-state index in [4.69, 9.17) is 0 Å². The molecule has 0 aliphatic heterocycles. The molecule has 0 nitrogen and oxygen atoms in total. The van der Waals surface area contributed by atoms with Crippen molar-refractivity contribution in [2.24, 2.45) is 5.92 Å². The molecule has 8 heavy (non-hydrogen) atoms. The Balaban J connectivity index is 2.13. The van der Waals surface area contributed by atoms with Crippen LogP contribution in [0.4, 0.5) is 4.39 Å². The first-order valence-electron chi connectivity index (χ1n) is 3.48. The Bertz CT molecular complexity index is 64.0. The Morgan fingerprint density at radius 1 is 1.62 bits per heavy atom. The SMILES string of the molecule is CCC(F)C1CCC1. The van der Waals surface area contributed by atoms with Gasteiger partial charge in [0.2, 0.25) is 0 Å². The molecule has 1 atom stereocenters. The molecule has 0 amide bonds. The minimum absolute atomic E-state index is 0.431. The van der Waals surface area contributed by atoms with Gasteiger partial charge in [0.25, 0.3) is 0 Å². The standard InChI is InChI=1S/C7H13F/c1-2-7(8)6-4-3-5-6/h6-7H,2-5H2,1H3. The van der Waals surface area contributed by atoms with E-state index in [1.165, 1.54) is 6.42 Å². The Kier molecular flexibility index (Phi) is 1.87. The van der Waals surface area contributed by atoms with E-state index >= 15 is 0 Å². The summed E-state index contributed by atoms with van der Waals surface area (Å²) in [6.45, 7) is 1.92. The van der Waals surface area contributed by atoms with Gasteiger partial charge >= 0.3 is 0 Å². The second-order valence-electron chi connectivity index (χ2n) is 2.62. The summed E-state index contributed by atoms with van der Waals surface area (Å²) in [5.41, 5.74) is 0. The van der Waals surface area contributed by atoms with E-state index in [2.05, 4.69) is 0 Å². The number of hydrogen-bond acceptors (Lipinski definition) is 0. The molecule has 0 radical (unpaired) electrons. The molecule has 1 fully saturated rings. The molecule has 1 saturated carbocycles. The fourth-order valence-corrected chi connectivity index (χ4v) is 1.13. The zero-order valence-electron chi connectivity index (χ0n) is 5.36. The fourth-order valence-electron chi connectivity index (χ4n) is 1.13. The topological polar surface area (TPSA) is 0 Å². The summed E-state index contributed by atoms with van der Waals surface area (Å²) in [4.78, 5) is 0. The maximum Gasteiger partial charge on any atom is 0.103 e. The minimum atomic E-state index is -0.497. The Hall–Kier alpha value is -0.0700. The van der Waals surface area contributed by atoms with Crippen molar-refractivity contribution >= 4 is 0 Å². The summed E-state index contributed by atoms with van der Waals surface area (Å²) in [6.07, 6.45) is 3.74. The molecule has 0 aromatic heterocycles. The molecule has 1 heteroatoms. The molecule has 1 aliphatic carbocycles. The van der Waals surface area contributed by atoms with E-state index < -0.39 is 6.17 Å². The van der Waals surface area contributed by atoms with Crippen LogP contribution in [0, 0.1) is 5.92 Å². The van der Waals surface area contributed by atoms with E-state index in [-0.39, 0.29) is 0 Å². The van der Waals surface area contributed by atoms with Crippen molar-refractivity contribution in [3.05, 3.63) is 0 Å². The first kappa shape index (κ1) is 6.06. The lowest BCUT2D eigenvalue weighted by atomic mass is 9.81. The van der Waals surface area contributed by atoms with Crippen molar-refractivity contribution in [3.8, 4) is 0 Å². The van der Waals surface area contributed by atoms with Crippen LogP contribution in [0.15, 0.2) is 0 Å². The molecule has 0 aromatic carbocycles. The van der Waals surface area contributed by atoms with E-state index in [9.17, 15) is 4.39 Å². The number of alkyl halides is 1. The van der Waals surface area contributed by atoms with E-state index in [0.29, 0.717) is 12.3 Å². The Morgan fingerprint density at radius 3 is 2.38 bits per heavy atom. The number of rotatable bonds is 2. The van der Waals surface area contributed by atoms with Crippen LogP contribution in [0.1, 0.15) is 32.6 Å². The van der Waals surface area contributed by atoms with E-state index in [1.54, 1.807) is 0 Å². The predicted molar refractivity (Wildman–Crippen MR) is 32.5 cm³/mol. The van der Waals surface area contributed by atoms with Crippen molar-refractivity contribution in [3.63, 3.8) is 0 Å². The van der Waals surface area contributed by atoms with Crippen LogP contribution < -0.4 is 0 Å². The number of hydrogen-bond donors (Lipinski definition) is 0. The average molecular weight is 116 g/mol. The van der Waals surface area contributed by atoms with Gasteiger partial charge in [-0.15, -0.1) is 0 Å². The highest BCUT2D eigenvalue weighted by atomic mass is 19.1. The zero-order valence-corrected chi connectivity index (χ0v) is 5.36. The lowest BCUT2D eigenvalue weighted by Gasteiger charge is -2.27. The third kappa shape index (κ3) is 1.01. The Morgan fingerprint density at radius 2 is 2.25 bits per heavy atom. The molecule has 0 saturated heterocycles. The third-order valence-electron chi connectivity index (χ3n) is 2.05. The van der Waals surface area contributed by atoms with Crippen molar-refractivity contribution in [1.82, 2.24) is 0 Å². The fraction of sp³-hybridized carbons (Fsp3) is 1.00. The average Bonchev–Trinajstić information content (AvgIpc) is 1.62. The third-order valence-corrected chi connectivity index (χ3v) is 2.05. The number of halogens is 1. The maximum atomic E-state index is 12.6. The van der Waals surface area contributed by atoms with Crippen molar-refractivity contribution in [1.29, 1.82) is 0 Å². The molecular weight excluding hydrogens is 103 g/mol. The molecule has 0 spiro atoms. The minimum Gasteiger partial charge on any atom is -0.247 e. The maximum absolute atomic E-state index is 12.6. The van der Waals surface area contributed by atoms with Crippen LogP contribution in [-0.4, -0.2) is 6.17 Å². The summed E-state index contributed by atoms with van der Waals surface area (Å²) in [5.74, 6) is 0.431. The molecule has 1 rings (SSSR count). The van der Waals surface area contributed by atoms with Gasteiger partial charge in [0.1, 0.15) is 6.17 Å². The van der Waals surface area contributed by atoms with Crippen molar-refractivity contribution in [2.75, 3.05) is 0 Å². The largest absolute Gasteiger partial charge is 0.247 e. The molecule has 0 heterocycles. The molecule has 1 unspecified atom stereocenters. The quantitative estimate of drug-likeness (QED) is 0.520. The summed E-state index contributed by atoms with van der Waals surface area (Å²) in [7, 11) is 0. The molecular formula is C7H13F. The summed E-state index contributed by atoms with van der Waals surface area (Å²) in [5, 5.41) is 0. The van der Waals surface area contributed by atoms with Gasteiger partial charge in [-0.1, -0.05) is 13.3 Å². The lowest BCUT2D eigenvalue weighted by molar-refractivity contribution is 0.145. The second-order valence-corrected chi connectivity index (χ2v) is 2.62. The van der Waals surface area contributed by atoms with Gasteiger partial charge in [-0.25, -0.2) is 4.39 Å². The summed E-state index contributed by atoms with van der Waals surface area (Å²) >= 11 is 0. The molecule has 0 bridgehead atoms. The van der Waals surface area contributed by atoms with Gasteiger partial charge in [-0.3, -0.25) is 0 Å². The van der Waals surface area contributed by atoms with Crippen LogP contribution in [-0.2, 0) is 0 Å². The Labute approximate surface area is 50.1 Å².